The van der Waals surface area contributed by atoms with E-state index in [-0.39, 0.29) is 18.1 Å². The number of hydrogen-bond acceptors (Lipinski definition) is 5. The van der Waals surface area contributed by atoms with E-state index in [1.54, 1.807) is 39.1 Å². The van der Waals surface area contributed by atoms with E-state index >= 15 is 0 Å². The molecule has 0 N–H and O–H groups in total. The molecule has 1 aromatic carbocycles. The van der Waals surface area contributed by atoms with Gasteiger partial charge in [0.2, 0.25) is 5.91 Å². The number of ether oxygens (including phenoxy) is 1. The molecule has 154 valence electrons. The first-order chi connectivity index (χ1) is 13.6. The lowest BCUT2D eigenvalue weighted by atomic mass is 10.1. The van der Waals surface area contributed by atoms with Crippen LogP contribution in [0, 0.1) is 13.8 Å². The average Bonchev–Trinajstić information content (AvgIpc) is 3.11. The van der Waals surface area contributed by atoms with Gasteiger partial charge in [0.25, 0.3) is 11.6 Å². The first kappa shape index (κ1) is 20.6. The second-order valence-corrected chi connectivity index (χ2v) is 6.53. The van der Waals surface area contributed by atoms with Crippen LogP contribution in [0.15, 0.2) is 24.3 Å². The first-order valence-corrected chi connectivity index (χ1v) is 8.83. The van der Waals surface area contributed by atoms with Crippen molar-refractivity contribution in [3.8, 4) is 5.75 Å². The zero-order valence-electron chi connectivity index (χ0n) is 16.4. The maximum Gasteiger partial charge on any atom is 0.453 e. The minimum atomic E-state index is -4.65. The van der Waals surface area contributed by atoms with Gasteiger partial charge in [-0.2, -0.15) is 18.2 Å². The molecule has 0 saturated carbocycles. The molecule has 1 amide bonds. The largest absolute Gasteiger partial charge is 0.495 e. The number of carbonyl (C=O) groups excluding carboxylic acids is 1. The second-order valence-electron chi connectivity index (χ2n) is 6.53. The Kier molecular flexibility index (Phi) is 5.45. The molecule has 7 nitrogen and oxygen atoms in total. The summed E-state index contributed by atoms with van der Waals surface area (Å²) in [5.74, 6) is -0.950. The second kappa shape index (κ2) is 7.69. The van der Waals surface area contributed by atoms with Gasteiger partial charge in [0.1, 0.15) is 5.75 Å². The fraction of sp³-hybridized carbons (Fsp3) is 0.368. The van der Waals surface area contributed by atoms with Crippen molar-refractivity contribution >= 4 is 17.4 Å². The SMILES string of the molecule is COc1ccccc1N(C)C(=O)CCc1c(C)nc2nc(C(F)(F)F)nn2c1C. The molecule has 10 heteroatoms. The first-order valence-electron chi connectivity index (χ1n) is 8.83. The Morgan fingerprint density at radius 1 is 1.21 bits per heavy atom. The Balaban J connectivity index is 1.84. The van der Waals surface area contributed by atoms with Crippen molar-refractivity contribution in [2.75, 3.05) is 19.1 Å². The van der Waals surface area contributed by atoms with Crippen LogP contribution in [0.25, 0.3) is 5.78 Å². The van der Waals surface area contributed by atoms with E-state index in [9.17, 15) is 18.0 Å². The minimum absolute atomic E-state index is 0.117. The van der Waals surface area contributed by atoms with Gasteiger partial charge >= 0.3 is 6.18 Å². The van der Waals surface area contributed by atoms with Crippen molar-refractivity contribution in [2.24, 2.45) is 0 Å². The lowest BCUT2D eigenvalue weighted by Crippen LogP contribution is -2.27. The van der Waals surface area contributed by atoms with E-state index in [4.69, 9.17) is 4.74 Å². The predicted octanol–water partition coefficient (Wildman–Crippen LogP) is 3.36. The van der Waals surface area contributed by atoms with Crippen LogP contribution in [-0.2, 0) is 17.4 Å². The molecular formula is C19H20F3N5O2. The Morgan fingerprint density at radius 2 is 1.90 bits per heavy atom. The highest BCUT2D eigenvalue weighted by Gasteiger charge is 2.37. The van der Waals surface area contributed by atoms with E-state index in [0.29, 0.717) is 34.8 Å². The zero-order chi connectivity index (χ0) is 21.3. The number of nitrogens with zero attached hydrogens (tertiary/aromatic N) is 5. The summed E-state index contributed by atoms with van der Waals surface area (Å²) < 4.78 is 45.0. The standard InChI is InChI=1S/C19H20F3N5O2/c1-11-13(12(2)27-18(23-11)24-17(25-27)19(20,21)22)9-10-16(28)26(3)14-7-5-6-8-15(14)29-4/h5-8H,9-10H2,1-4H3. The highest BCUT2D eigenvalue weighted by Crippen LogP contribution is 2.28. The van der Waals surface area contributed by atoms with E-state index < -0.39 is 12.0 Å². The van der Waals surface area contributed by atoms with Gasteiger partial charge in [-0.1, -0.05) is 12.1 Å². The number of fused-ring (bicyclic) bond motifs is 1. The number of rotatable bonds is 5. The molecule has 0 aliphatic heterocycles. The zero-order valence-corrected chi connectivity index (χ0v) is 16.4. The van der Waals surface area contributed by atoms with Crippen LogP contribution in [0.1, 0.15) is 29.2 Å². The number of methoxy groups -OCH3 is 1. The molecule has 2 aromatic heterocycles. The molecule has 0 fully saturated rings. The number of alkyl halides is 3. The molecule has 3 aromatic rings. The third-order valence-electron chi connectivity index (χ3n) is 4.71. The number of amides is 1. The van der Waals surface area contributed by atoms with Crippen molar-refractivity contribution in [2.45, 2.75) is 32.9 Å². The van der Waals surface area contributed by atoms with Crippen LogP contribution >= 0.6 is 0 Å². The van der Waals surface area contributed by atoms with Crippen molar-refractivity contribution in [3.05, 3.63) is 47.0 Å². The molecular weight excluding hydrogens is 387 g/mol. The van der Waals surface area contributed by atoms with Crippen LogP contribution in [0.4, 0.5) is 18.9 Å². The van der Waals surface area contributed by atoms with Gasteiger partial charge in [-0.05, 0) is 38.0 Å². The topological polar surface area (TPSA) is 72.6 Å². The molecule has 2 heterocycles. The van der Waals surface area contributed by atoms with Gasteiger partial charge in [-0.25, -0.2) is 9.50 Å². The fourth-order valence-corrected chi connectivity index (χ4v) is 3.13. The van der Waals surface area contributed by atoms with E-state index in [1.807, 2.05) is 6.07 Å². The summed E-state index contributed by atoms with van der Waals surface area (Å²) in [6.45, 7) is 3.32. The van der Waals surface area contributed by atoms with Gasteiger partial charge in [-0.15, -0.1) is 5.10 Å². The van der Waals surface area contributed by atoms with Gasteiger partial charge in [0.15, 0.2) is 0 Å². The fourth-order valence-electron chi connectivity index (χ4n) is 3.13. The molecule has 0 unspecified atom stereocenters. The van der Waals surface area contributed by atoms with E-state index in [2.05, 4.69) is 15.1 Å². The quantitative estimate of drug-likeness (QED) is 0.649. The molecule has 29 heavy (non-hydrogen) atoms. The number of hydrogen-bond donors (Lipinski definition) is 0. The van der Waals surface area contributed by atoms with Gasteiger partial charge in [-0.3, -0.25) is 4.79 Å². The van der Waals surface area contributed by atoms with Crippen molar-refractivity contribution in [1.82, 2.24) is 19.6 Å². The molecule has 0 aliphatic carbocycles. The normalized spacial score (nSPS) is 11.7. The van der Waals surface area contributed by atoms with Crippen molar-refractivity contribution < 1.29 is 22.7 Å². The van der Waals surface area contributed by atoms with Gasteiger partial charge in [0.05, 0.1) is 12.8 Å². The number of benzene rings is 1. The van der Waals surface area contributed by atoms with Crippen LogP contribution in [0.2, 0.25) is 0 Å². The summed E-state index contributed by atoms with van der Waals surface area (Å²) in [5, 5.41) is 3.52. The summed E-state index contributed by atoms with van der Waals surface area (Å²) >= 11 is 0. The minimum Gasteiger partial charge on any atom is -0.495 e. The van der Waals surface area contributed by atoms with Crippen LogP contribution in [0.3, 0.4) is 0 Å². The summed E-state index contributed by atoms with van der Waals surface area (Å²) in [4.78, 5) is 21.7. The lowest BCUT2D eigenvalue weighted by molar-refractivity contribution is -0.144. The summed E-state index contributed by atoms with van der Waals surface area (Å²) in [7, 11) is 3.17. The third-order valence-corrected chi connectivity index (χ3v) is 4.71. The average molecular weight is 407 g/mol. The van der Waals surface area contributed by atoms with E-state index in [0.717, 1.165) is 4.52 Å². The van der Waals surface area contributed by atoms with Crippen LogP contribution < -0.4 is 9.64 Å². The molecule has 0 atom stereocenters. The van der Waals surface area contributed by atoms with Crippen molar-refractivity contribution in [1.29, 1.82) is 0 Å². The monoisotopic (exact) mass is 407 g/mol. The molecule has 3 rings (SSSR count). The lowest BCUT2D eigenvalue weighted by Gasteiger charge is -2.20. The molecule has 0 saturated heterocycles. The number of para-hydroxylation sites is 2. The summed E-state index contributed by atoms with van der Waals surface area (Å²) in [6.07, 6.45) is -4.20. The number of carbonyl (C=O) groups is 1. The highest BCUT2D eigenvalue weighted by atomic mass is 19.4. The number of anilines is 1. The van der Waals surface area contributed by atoms with E-state index in [1.165, 1.54) is 12.0 Å². The predicted molar refractivity (Wildman–Crippen MR) is 100.0 cm³/mol. The molecule has 0 radical (unpaired) electrons. The van der Waals surface area contributed by atoms with Crippen LogP contribution in [-0.4, -0.2) is 39.6 Å². The highest BCUT2D eigenvalue weighted by molar-refractivity contribution is 5.94. The van der Waals surface area contributed by atoms with Gasteiger partial charge < -0.3 is 9.64 Å². The number of aryl methyl sites for hydroxylation is 2. The number of halogens is 3. The maximum atomic E-state index is 12.9. The Bertz CT molecular complexity index is 1060. The molecule has 0 bridgehead atoms. The van der Waals surface area contributed by atoms with Gasteiger partial charge in [0, 0.05) is 24.9 Å². The number of aromatic nitrogens is 4. The molecule has 0 spiro atoms. The van der Waals surface area contributed by atoms with Crippen LogP contribution in [0.5, 0.6) is 5.75 Å². The smallest absolute Gasteiger partial charge is 0.453 e. The third kappa shape index (κ3) is 4.01. The van der Waals surface area contributed by atoms with Crippen molar-refractivity contribution in [3.63, 3.8) is 0 Å². The summed E-state index contributed by atoms with van der Waals surface area (Å²) in [5.41, 5.74) is 2.29. The Labute approximate surface area is 165 Å². The Hall–Kier alpha value is -3.17. The Morgan fingerprint density at radius 3 is 2.55 bits per heavy atom. The molecule has 0 aliphatic rings. The summed E-state index contributed by atoms with van der Waals surface area (Å²) in [6, 6.07) is 7.14. The maximum absolute atomic E-state index is 12.9.